The Labute approximate surface area is 177 Å². The summed E-state index contributed by atoms with van der Waals surface area (Å²) in [6.45, 7) is 3.42. The maximum absolute atomic E-state index is 4.08. The first-order valence-corrected chi connectivity index (χ1v) is 10.8. The minimum absolute atomic E-state index is 0. The molecule has 150 valence electrons. The Morgan fingerprint density at radius 2 is 1.07 bits per heavy atom. The van der Waals surface area contributed by atoms with E-state index in [2.05, 4.69) is 53.1 Å². The molecule has 0 bridgehead atoms. The molecule has 0 saturated heterocycles. The Bertz CT molecular complexity index is 569. The van der Waals surface area contributed by atoms with Crippen LogP contribution in [0, 0.1) is 0 Å². The van der Waals surface area contributed by atoms with Gasteiger partial charge in [0, 0.05) is 30.9 Å². The molecule has 0 saturated carbocycles. The van der Waals surface area contributed by atoms with E-state index in [1.54, 1.807) is 0 Å². The van der Waals surface area contributed by atoms with E-state index in [4.69, 9.17) is 0 Å². The highest BCUT2D eigenvalue weighted by Gasteiger charge is 2.02. The summed E-state index contributed by atoms with van der Waals surface area (Å²) in [5.74, 6) is 0. The molecule has 0 fully saturated rings. The Hall–Kier alpha value is -1.22. The van der Waals surface area contributed by atoms with Gasteiger partial charge in [-0.1, -0.05) is 71.1 Å². The van der Waals surface area contributed by atoms with Crippen molar-refractivity contribution in [3.05, 3.63) is 49.1 Å². The van der Waals surface area contributed by atoms with Gasteiger partial charge in [0.2, 0.25) is 0 Å². The van der Waals surface area contributed by atoms with Crippen LogP contribution in [0.3, 0.4) is 0 Å². The van der Waals surface area contributed by atoms with Crippen molar-refractivity contribution in [1.29, 1.82) is 0 Å². The van der Waals surface area contributed by atoms with E-state index in [9.17, 15) is 0 Å². The number of halogens is 1. The van der Waals surface area contributed by atoms with E-state index in [-0.39, 0.29) is 17.0 Å². The maximum atomic E-state index is 4.08. The van der Waals surface area contributed by atoms with Gasteiger partial charge < -0.3 is 17.0 Å². The number of hydrogen-bond acceptors (Lipinski definition) is 1. The summed E-state index contributed by atoms with van der Waals surface area (Å²) in [5.41, 5.74) is 2.50. The lowest BCUT2D eigenvalue weighted by Gasteiger charge is -2.03. The average Bonchev–Trinajstić information content (AvgIpc) is 2.70. The Balaban J connectivity index is 0.00000364. The first-order chi connectivity index (χ1) is 12.9. The van der Waals surface area contributed by atoms with Crippen LogP contribution in [0.1, 0.15) is 84.0 Å². The standard InChI is InChI=1S/C24H37N2.BrH/c1-2-3-4-5-6-7-8-9-10-11-12-13-20-26-21-16-24(17-22-26)23-14-18-25-19-15-23;/h14-19,21-22H,2-13,20H2,1H3;1H/q+1;/p-1. The molecule has 27 heavy (non-hydrogen) atoms. The first kappa shape index (κ1) is 23.8. The summed E-state index contributed by atoms with van der Waals surface area (Å²) < 4.78 is 2.31. The minimum Gasteiger partial charge on any atom is -1.00 e. The van der Waals surface area contributed by atoms with Crippen molar-refractivity contribution < 1.29 is 21.5 Å². The second-order valence-corrected chi connectivity index (χ2v) is 7.45. The molecule has 2 rings (SSSR count). The van der Waals surface area contributed by atoms with Gasteiger partial charge >= 0.3 is 0 Å². The highest BCUT2D eigenvalue weighted by Crippen LogP contribution is 2.16. The van der Waals surface area contributed by atoms with Crippen LogP contribution >= 0.6 is 0 Å². The van der Waals surface area contributed by atoms with E-state index < -0.39 is 0 Å². The van der Waals surface area contributed by atoms with Crippen molar-refractivity contribution >= 4 is 0 Å². The van der Waals surface area contributed by atoms with Gasteiger partial charge in [0.25, 0.3) is 0 Å². The summed E-state index contributed by atoms with van der Waals surface area (Å²) in [6.07, 6.45) is 25.0. The number of rotatable bonds is 14. The summed E-state index contributed by atoms with van der Waals surface area (Å²) >= 11 is 0. The molecule has 0 aliphatic heterocycles. The van der Waals surface area contributed by atoms with Crippen molar-refractivity contribution in [2.75, 3.05) is 0 Å². The SMILES string of the molecule is CCCCCCCCCCCCCC[n+]1ccc(-c2ccncc2)cc1.[Br-]. The van der Waals surface area contributed by atoms with Gasteiger partial charge in [0.15, 0.2) is 12.4 Å². The van der Waals surface area contributed by atoms with E-state index in [0.717, 1.165) is 6.54 Å². The van der Waals surface area contributed by atoms with E-state index in [1.807, 2.05) is 12.4 Å². The summed E-state index contributed by atoms with van der Waals surface area (Å²) in [4.78, 5) is 4.08. The fourth-order valence-corrected chi connectivity index (χ4v) is 3.48. The number of hydrogen-bond donors (Lipinski definition) is 0. The molecule has 0 amide bonds. The third-order valence-corrected chi connectivity index (χ3v) is 5.17. The minimum atomic E-state index is 0. The molecule has 0 unspecified atom stereocenters. The quantitative estimate of drug-likeness (QED) is 0.328. The molecule has 0 N–H and O–H groups in total. The summed E-state index contributed by atoms with van der Waals surface area (Å²) in [6, 6.07) is 8.53. The topological polar surface area (TPSA) is 16.8 Å². The van der Waals surface area contributed by atoms with Gasteiger partial charge in [0.1, 0.15) is 6.54 Å². The molecule has 0 atom stereocenters. The highest BCUT2D eigenvalue weighted by molar-refractivity contribution is 5.61. The zero-order valence-electron chi connectivity index (χ0n) is 17.1. The normalized spacial score (nSPS) is 10.6. The molecule has 0 aliphatic rings. The Morgan fingerprint density at radius 1 is 0.630 bits per heavy atom. The van der Waals surface area contributed by atoms with Gasteiger partial charge in [-0.25, -0.2) is 4.57 Å². The van der Waals surface area contributed by atoms with Gasteiger partial charge in [-0.05, 0) is 29.7 Å². The van der Waals surface area contributed by atoms with Crippen molar-refractivity contribution in [3.8, 4) is 11.1 Å². The van der Waals surface area contributed by atoms with Gasteiger partial charge in [-0.3, -0.25) is 4.98 Å². The predicted octanol–water partition coefficient (Wildman–Crippen LogP) is 3.74. The molecule has 0 aromatic carbocycles. The second kappa shape index (κ2) is 15.8. The number of aromatic nitrogens is 2. The summed E-state index contributed by atoms with van der Waals surface area (Å²) in [7, 11) is 0. The fourth-order valence-electron chi connectivity index (χ4n) is 3.48. The number of nitrogens with zero attached hydrogens (tertiary/aromatic N) is 2. The first-order valence-electron chi connectivity index (χ1n) is 10.8. The van der Waals surface area contributed by atoms with Crippen LogP contribution in [0.25, 0.3) is 11.1 Å². The third-order valence-electron chi connectivity index (χ3n) is 5.17. The molecule has 0 aliphatic carbocycles. The van der Waals surface area contributed by atoms with Crippen molar-refractivity contribution in [3.63, 3.8) is 0 Å². The van der Waals surface area contributed by atoms with Gasteiger partial charge in [-0.2, -0.15) is 0 Å². The second-order valence-electron chi connectivity index (χ2n) is 7.45. The lowest BCUT2D eigenvalue weighted by Crippen LogP contribution is -3.00. The predicted molar refractivity (Wildman–Crippen MR) is 111 cm³/mol. The third kappa shape index (κ3) is 10.6. The van der Waals surface area contributed by atoms with Crippen molar-refractivity contribution in [2.24, 2.45) is 0 Å². The van der Waals surface area contributed by atoms with E-state index >= 15 is 0 Å². The van der Waals surface area contributed by atoms with Crippen molar-refractivity contribution in [1.82, 2.24) is 4.98 Å². The Morgan fingerprint density at radius 3 is 1.59 bits per heavy atom. The molecule has 0 radical (unpaired) electrons. The van der Waals surface area contributed by atoms with Crippen LogP contribution in [0.5, 0.6) is 0 Å². The molecular formula is C24H37BrN2. The number of pyridine rings is 2. The Kier molecular flexibility index (Phi) is 13.9. The average molecular weight is 433 g/mol. The largest absolute Gasteiger partial charge is 1.00 e. The van der Waals surface area contributed by atoms with E-state index in [1.165, 1.54) is 88.2 Å². The highest BCUT2D eigenvalue weighted by atomic mass is 79.9. The fraction of sp³-hybridized carbons (Fsp3) is 0.583. The van der Waals surface area contributed by atoms with Crippen LogP contribution in [-0.2, 0) is 6.54 Å². The number of unbranched alkanes of at least 4 members (excludes halogenated alkanes) is 11. The molecular weight excluding hydrogens is 396 g/mol. The maximum Gasteiger partial charge on any atom is 0.169 e. The zero-order valence-corrected chi connectivity index (χ0v) is 18.7. The van der Waals surface area contributed by atoms with Crippen LogP contribution in [-0.4, -0.2) is 4.98 Å². The van der Waals surface area contributed by atoms with Crippen LogP contribution in [0.15, 0.2) is 49.1 Å². The van der Waals surface area contributed by atoms with Crippen LogP contribution < -0.4 is 21.5 Å². The lowest BCUT2D eigenvalue weighted by molar-refractivity contribution is -0.697. The molecule has 2 aromatic heterocycles. The van der Waals surface area contributed by atoms with Gasteiger partial charge in [0.05, 0.1) is 0 Å². The molecule has 3 heteroatoms. The molecule has 2 nitrogen and oxygen atoms in total. The zero-order chi connectivity index (χ0) is 18.3. The molecule has 2 heterocycles. The number of aryl methyl sites for hydroxylation is 1. The molecule has 2 aromatic rings. The van der Waals surface area contributed by atoms with E-state index in [0.29, 0.717) is 0 Å². The van der Waals surface area contributed by atoms with Gasteiger partial charge in [-0.15, -0.1) is 0 Å². The van der Waals surface area contributed by atoms with Crippen LogP contribution in [0.4, 0.5) is 0 Å². The summed E-state index contributed by atoms with van der Waals surface area (Å²) in [5, 5.41) is 0. The van der Waals surface area contributed by atoms with Crippen LogP contribution in [0.2, 0.25) is 0 Å². The smallest absolute Gasteiger partial charge is 0.169 e. The molecule has 0 spiro atoms. The lowest BCUT2D eigenvalue weighted by atomic mass is 10.1. The van der Waals surface area contributed by atoms with Crippen molar-refractivity contribution in [2.45, 2.75) is 90.5 Å². The monoisotopic (exact) mass is 432 g/mol.